The molecule has 0 amide bonds. The molecule has 29 heavy (non-hydrogen) atoms. The van der Waals surface area contributed by atoms with E-state index in [4.69, 9.17) is 0 Å². The monoisotopic (exact) mass is 397 g/mol. The molecule has 1 saturated carbocycles. The van der Waals surface area contributed by atoms with Crippen LogP contribution in [0.5, 0.6) is 0 Å². The van der Waals surface area contributed by atoms with Crippen LogP contribution in [0.25, 0.3) is 16.6 Å². The van der Waals surface area contributed by atoms with Crippen LogP contribution in [0.3, 0.4) is 0 Å². The van der Waals surface area contributed by atoms with E-state index in [1.807, 2.05) is 28.5 Å². The van der Waals surface area contributed by atoms with Crippen molar-refractivity contribution in [3.63, 3.8) is 0 Å². The molecule has 0 aliphatic heterocycles. The highest BCUT2D eigenvalue weighted by Gasteiger charge is 2.27. The number of fused-ring (bicyclic) bond motifs is 1. The van der Waals surface area contributed by atoms with Crippen molar-refractivity contribution in [3.8, 4) is 5.69 Å². The van der Waals surface area contributed by atoms with Crippen molar-refractivity contribution in [2.24, 2.45) is 0 Å². The molecule has 0 bridgehead atoms. The number of hydrogen-bond donors (Lipinski definition) is 0. The van der Waals surface area contributed by atoms with E-state index in [2.05, 4.69) is 67.6 Å². The van der Waals surface area contributed by atoms with Gasteiger partial charge in [0.1, 0.15) is 0 Å². The van der Waals surface area contributed by atoms with Gasteiger partial charge in [0.25, 0.3) is 5.56 Å². The summed E-state index contributed by atoms with van der Waals surface area (Å²) >= 11 is 1.83. The van der Waals surface area contributed by atoms with Crippen LogP contribution in [-0.2, 0) is 5.75 Å². The first kappa shape index (κ1) is 18.3. The molecule has 144 valence electrons. The number of thioether (sulfide) groups is 1. The third kappa shape index (κ3) is 3.75. The Labute approximate surface area is 175 Å². The van der Waals surface area contributed by atoms with Gasteiger partial charge in [-0.1, -0.05) is 48.0 Å². The summed E-state index contributed by atoms with van der Waals surface area (Å²) in [5.41, 5.74) is 5.93. The molecule has 0 atom stereocenters. The van der Waals surface area contributed by atoms with Crippen molar-refractivity contribution >= 4 is 22.7 Å². The van der Waals surface area contributed by atoms with Crippen LogP contribution in [0.4, 0.5) is 0 Å². The molecular formula is C26H23NOS. The molecule has 1 aliphatic carbocycles. The summed E-state index contributed by atoms with van der Waals surface area (Å²) < 4.78 is 1.90. The van der Waals surface area contributed by atoms with Crippen molar-refractivity contribution < 1.29 is 0 Å². The van der Waals surface area contributed by atoms with E-state index in [1.54, 1.807) is 6.07 Å². The number of aryl methyl sites for hydroxylation is 1. The molecule has 3 aromatic carbocycles. The van der Waals surface area contributed by atoms with Crippen molar-refractivity contribution in [2.75, 3.05) is 0 Å². The summed E-state index contributed by atoms with van der Waals surface area (Å²) in [5, 5.41) is 1.10. The number of pyridine rings is 1. The standard InChI is InChI=1S/C26H23NOS/c1-18-7-12-25(23(15-18)20-8-9-20)27-24-13-11-22(16-21(24)10-14-26(27)28)29-17-19-5-3-2-4-6-19/h2-7,10-16,20H,8-9,17H2,1H3. The van der Waals surface area contributed by atoms with E-state index in [1.165, 1.54) is 34.4 Å². The maximum absolute atomic E-state index is 12.9. The zero-order chi connectivity index (χ0) is 19.8. The van der Waals surface area contributed by atoms with Gasteiger partial charge in [0.05, 0.1) is 11.2 Å². The maximum Gasteiger partial charge on any atom is 0.255 e. The first-order valence-electron chi connectivity index (χ1n) is 10.1. The van der Waals surface area contributed by atoms with Gasteiger partial charge in [0.15, 0.2) is 0 Å². The first-order valence-corrected chi connectivity index (χ1v) is 11.1. The molecule has 3 heteroatoms. The van der Waals surface area contributed by atoms with E-state index < -0.39 is 0 Å². The first-order chi connectivity index (χ1) is 14.2. The van der Waals surface area contributed by atoms with Crippen LogP contribution >= 0.6 is 11.8 Å². The predicted octanol–water partition coefficient (Wildman–Crippen LogP) is 6.47. The Morgan fingerprint density at radius 1 is 0.931 bits per heavy atom. The SMILES string of the molecule is Cc1ccc(-n2c(=O)ccc3cc(SCc4ccccc4)ccc32)c(C2CC2)c1. The fraction of sp³-hybridized carbons (Fsp3) is 0.192. The Balaban J connectivity index is 1.55. The van der Waals surface area contributed by atoms with Crippen molar-refractivity contribution in [1.29, 1.82) is 0 Å². The minimum Gasteiger partial charge on any atom is -0.277 e. The Morgan fingerprint density at radius 3 is 2.55 bits per heavy atom. The molecule has 0 N–H and O–H groups in total. The predicted molar refractivity (Wildman–Crippen MR) is 122 cm³/mol. The lowest BCUT2D eigenvalue weighted by atomic mass is 10.0. The summed E-state index contributed by atoms with van der Waals surface area (Å²) in [6, 6.07) is 27.1. The van der Waals surface area contributed by atoms with Crippen LogP contribution < -0.4 is 5.56 Å². The van der Waals surface area contributed by atoms with E-state index >= 15 is 0 Å². The molecule has 1 aromatic heterocycles. The van der Waals surface area contributed by atoms with Crippen molar-refractivity contribution in [3.05, 3.63) is 106 Å². The van der Waals surface area contributed by atoms with Gasteiger partial charge in [-0.05, 0) is 72.5 Å². The normalized spacial score (nSPS) is 13.7. The molecule has 4 aromatic rings. The van der Waals surface area contributed by atoms with E-state index in [0.717, 1.165) is 22.3 Å². The summed E-state index contributed by atoms with van der Waals surface area (Å²) in [4.78, 5) is 14.1. The van der Waals surface area contributed by atoms with Crippen molar-refractivity contribution in [1.82, 2.24) is 4.57 Å². The fourth-order valence-electron chi connectivity index (χ4n) is 3.90. The summed E-state index contributed by atoms with van der Waals surface area (Å²) in [6.45, 7) is 2.12. The maximum atomic E-state index is 12.9. The van der Waals surface area contributed by atoms with Gasteiger partial charge in [-0.2, -0.15) is 0 Å². The summed E-state index contributed by atoms with van der Waals surface area (Å²) in [5.74, 6) is 1.53. The number of aromatic nitrogens is 1. The van der Waals surface area contributed by atoms with Crippen LogP contribution in [0.2, 0.25) is 0 Å². The van der Waals surface area contributed by atoms with E-state index in [9.17, 15) is 4.79 Å². The molecule has 0 unspecified atom stereocenters. The zero-order valence-corrected chi connectivity index (χ0v) is 17.3. The Hall–Kier alpha value is -2.78. The van der Waals surface area contributed by atoms with Gasteiger partial charge < -0.3 is 0 Å². The summed E-state index contributed by atoms with van der Waals surface area (Å²) in [6.07, 6.45) is 2.44. The van der Waals surface area contributed by atoms with Crippen LogP contribution in [-0.4, -0.2) is 4.57 Å². The highest BCUT2D eigenvalue weighted by Crippen LogP contribution is 2.43. The molecule has 0 saturated heterocycles. The molecule has 1 heterocycles. The topological polar surface area (TPSA) is 22.0 Å². The second-order valence-corrected chi connectivity index (χ2v) is 8.89. The number of nitrogens with zero attached hydrogens (tertiary/aromatic N) is 1. The minimum atomic E-state index is 0.0351. The Morgan fingerprint density at radius 2 is 1.76 bits per heavy atom. The van der Waals surface area contributed by atoms with Crippen LogP contribution in [0.15, 0.2) is 88.6 Å². The summed E-state index contributed by atoms with van der Waals surface area (Å²) in [7, 11) is 0. The molecule has 1 fully saturated rings. The molecule has 0 radical (unpaired) electrons. The van der Waals surface area contributed by atoms with Gasteiger partial charge in [-0.15, -0.1) is 11.8 Å². The van der Waals surface area contributed by atoms with E-state index in [-0.39, 0.29) is 5.56 Å². The number of benzene rings is 3. The Kier molecular flexibility index (Phi) is 4.76. The van der Waals surface area contributed by atoms with Gasteiger partial charge in [-0.25, -0.2) is 0 Å². The highest BCUT2D eigenvalue weighted by molar-refractivity contribution is 7.98. The minimum absolute atomic E-state index is 0.0351. The van der Waals surface area contributed by atoms with Crippen molar-refractivity contribution in [2.45, 2.75) is 36.3 Å². The third-order valence-corrected chi connectivity index (χ3v) is 6.62. The molecule has 5 rings (SSSR count). The molecular weight excluding hydrogens is 374 g/mol. The van der Waals surface area contributed by atoms with Crippen LogP contribution in [0, 0.1) is 6.92 Å². The van der Waals surface area contributed by atoms with Crippen LogP contribution in [0.1, 0.15) is 35.4 Å². The lowest BCUT2D eigenvalue weighted by Gasteiger charge is -2.16. The van der Waals surface area contributed by atoms with Gasteiger partial charge in [0.2, 0.25) is 0 Å². The van der Waals surface area contributed by atoms with Gasteiger partial charge in [-0.3, -0.25) is 9.36 Å². The smallest absolute Gasteiger partial charge is 0.255 e. The lowest BCUT2D eigenvalue weighted by molar-refractivity contribution is 0.986. The quantitative estimate of drug-likeness (QED) is 0.360. The third-order valence-electron chi connectivity index (χ3n) is 5.56. The largest absolute Gasteiger partial charge is 0.277 e. The second kappa shape index (κ2) is 7.57. The Bertz CT molecular complexity index is 1240. The highest BCUT2D eigenvalue weighted by atomic mass is 32.2. The average Bonchev–Trinajstić information content (AvgIpc) is 3.59. The second-order valence-electron chi connectivity index (χ2n) is 7.84. The molecule has 2 nitrogen and oxygen atoms in total. The lowest BCUT2D eigenvalue weighted by Crippen LogP contribution is -2.18. The fourth-order valence-corrected chi connectivity index (χ4v) is 4.80. The van der Waals surface area contributed by atoms with Gasteiger partial charge in [0, 0.05) is 16.7 Å². The number of hydrogen-bond acceptors (Lipinski definition) is 2. The van der Waals surface area contributed by atoms with E-state index in [0.29, 0.717) is 5.92 Å². The zero-order valence-electron chi connectivity index (χ0n) is 16.5. The molecule has 1 aliphatic rings. The number of rotatable bonds is 5. The average molecular weight is 398 g/mol. The van der Waals surface area contributed by atoms with Gasteiger partial charge >= 0.3 is 0 Å². The molecule has 0 spiro atoms.